The fourth-order valence-corrected chi connectivity index (χ4v) is 3.19. The van der Waals surface area contributed by atoms with E-state index in [2.05, 4.69) is 4.98 Å². The van der Waals surface area contributed by atoms with Crippen molar-refractivity contribution >= 4 is 5.91 Å². The van der Waals surface area contributed by atoms with Gasteiger partial charge in [0.25, 0.3) is 0 Å². The van der Waals surface area contributed by atoms with E-state index in [1.807, 2.05) is 4.90 Å². The van der Waals surface area contributed by atoms with Gasteiger partial charge in [-0.15, -0.1) is 0 Å². The van der Waals surface area contributed by atoms with Crippen molar-refractivity contribution in [1.29, 1.82) is 0 Å². The minimum Gasteiger partial charge on any atom is -0.441 e. The molecular formula is C20H26FN3O3. The van der Waals surface area contributed by atoms with Gasteiger partial charge in [-0.05, 0) is 37.9 Å². The van der Waals surface area contributed by atoms with Gasteiger partial charge in [0.05, 0.1) is 17.9 Å². The molecule has 2 heterocycles. The van der Waals surface area contributed by atoms with Crippen molar-refractivity contribution in [3.8, 4) is 11.3 Å². The van der Waals surface area contributed by atoms with Gasteiger partial charge in [0.15, 0.2) is 11.7 Å². The van der Waals surface area contributed by atoms with Crippen LogP contribution in [0.25, 0.3) is 11.3 Å². The minimum atomic E-state index is -0.354. The van der Waals surface area contributed by atoms with Crippen molar-refractivity contribution in [2.45, 2.75) is 38.2 Å². The fourth-order valence-electron chi connectivity index (χ4n) is 3.19. The molecule has 1 aromatic carbocycles. The summed E-state index contributed by atoms with van der Waals surface area (Å²) in [4.78, 5) is 18.4. The van der Waals surface area contributed by atoms with E-state index >= 15 is 0 Å². The molecule has 2 N–H and O–H groups in total. The number of rotatable bonds is 8. The van der Waals surface area contributed by atoms with Gasteiger partial charge in [0, 0.05) is 32.5 Å². The number of nitrogens with two attached hydrogens (primary N) is 1. The Labute approximate surface area is 158 Å². The molecule has 1 aliphatic heterocycles. The molecule has 0 aliphatic carbocycles. The number of amides is 1. The van der Waals surface area contributed by atoms with E-state index in [0.29, 0.717) is 56.3 Å². The SMILES string of the molecule is NCCCOC1CCN(C(=O)CCc2ncc(-c3ccccc3F)o2)CC1. The maximum absolute atomic E-state index is 13.8. The molecule has 1 amide bonds. The number of hydrogen-bond donors (Lipinski definition) is 1. The lowest BCUT2D eigenvalue weighted by Crippen LogP contribution is -2.41. The molecule has 0 radical (unpaired) electrons. The summed E-state index contributed by atoms with van der Waals surface area (Å²) in [6, 6.07) is 6.39. The van der Waals surface area contributed by atoms with Gasteiger partial charge in [-0.2, -0.15) is 0 Å². The molecule has 0 atom stereocenters. The highest BCUT2D eigenvalue weighted by molar-refractivity contribution is 5.76. The number of hydrogen-bond acceptors (Lipinski definition) is 5. The van der Waals surface area contributed by atoms with Gasteiger partial charge in [-0.1, -0.05) is 12.1 Å². The Hall–Kier alpha value is -2.25. The summed E-state index contributed by atoms with van der Waals surface area (Å²) in [7, 11) is 0. The number of aromatic nitrogens is 1. The molecule has 7 heteroatoms. The average molecular weight is 375 g/mol. The van der Waals surface area contributed by atoms with Crippen LogP contribution in [0.4, 0.5) is 4.39 Å². The molecule has 0 unspecified atom stereocenters. The molecule has 2 aromatic rings. The summed E-state index contributed by atoms with van der Waals surface area (Å²) in [6.45, 7) is 2.73. The highest BCUT2D eigenvalue weighted by Crippen LogP contribution is 2.24. The third-order valence-electron chi connectivity index (χ3n) is 4.74. The van der Waals surface area contributed by atoms with Crippen LogP contribution in [-0.4, -0.2) is 48.1 Å². The number of aryl methyl sites for hydroxylation is 1. The van der Waals surface area contributed by atoms with E-state index in [0.717, 1.165) is 19.3 Å². The third-order valence-corrected chi connectivity index (χ3v) is 4.74. The number of carbonyl (C=O) groups is 1. The minimum absolute atomic E-state index is 0.0843. The number of ether oxygens (including phenoxy) is 1. The van der Waals surface area contributed by atoms with Crippen molar-refractivity contribution < 1.29 is 18.3 Å². The number of carbonyl (C=O) groups excluding carboxylic acids is 1. The van der Waals surface area contributed by atoms with Crippen LogP contribution in [0.1, 0.15) is 31.6 Å². The molecule has 1 aliphatic rings. The van der Waals surface area contributed by atoms with Crippen LogP contribution < -0.4 is 5.73 Å². The zero-order valence-corrected chi connectivity index (χ0v) is 15.4. The predicted octanol–water partition coefficient (Wildman–Crippen LogP) is 2.77. The maximum Gasteiger partial charge on any atom is 0.223 e. The first-order valence-electron chi connectivity index (χ1n) is 9.46. The first-order chi connectivity index (χ1) is 13.2. The Bertz CT molecular complexity index is 742. The van der Waals surface area contributed by atoms with Crippen LogP contribution in [0.3, 0.4) is 0 Å². The summed E-state index contributed by atoms with van der Waals surface area (Å²) < 4.78 is 25.2. The summed E-state index contributed by atoms with van der Waals surface area (Å²) in [5.41, 5.74) is 5.84. The van der Waals surface area contributed by atoms with Crippen molar-refractivity contribution in [1.82, 2.24) is 9.88 Å². The Morgan fingerprint density at radius 3 is 2.85 bits per heavy atom. The molecule has 0 saturated carbocycles. The first-order valence-corrected chi connectivity index (χ1v) is 9.46. The Kier molecular flexibility index (Phi) is 6.95. The summed E-state index contributed by atoms with van der Waals surface area (Å²) in [6.07, 6.45) is 5.03. The lowest BCUT2D eigenvalue weighted by molar-refractivity contribution is -0.133. The van der Waals surface area contributed by atoms with E-state index in [4.69, 9.17) is 14.9 Å². The van der Waals surface area contributed by atoms with Gasteiger partial charge < -0.3 is 19.8 Å². The summed E-state index contributed by atoms with van der Waals surface area (Å²) >= 11 is 0. The lowest BCUT2D eigenvalue weighted by atomic mass is 10.1. The monoisotopic (exact) mass is 375 g/mol. The van der Waals surface area contributed by atoms with Crippen molar-refractivity contribution in [2.24, 2.45) is 5.73 Å². The van der Waals surface area contributed by atoms with Gasteiger partial charge in [-0.3, -0.25) is 4.79 Å². The third kappa shape index (κ3) is 5.37. The van der Waals surface area contributed by atoms with Crippen LogP contribution >= 0.6 is 0 Å². The summed E-state index contributed by atoms with van der Waals surface area (Å²) in [5, 5.41) is 0. The van der Waals surface area contributed by atoms with Crippen molar-refractivity contribution in [3.05, 3.63) is 42.2 Å². The second-order valence-electron chi connectivity index (χ2n) is 6.69. The number of oxazole rings is 1. The molecule has 6 nitrogen and oxygen atoms in total. The zero-order valence-electron chi connectivity index (χ0n) is 15.4. The second kappa shape index (κ2) is 9.62. The molecule has 3 rings (SSSR count). The number of benzene rings is 1. The van der Waals surface area contributed by atoms with E-state index in [1.165, 1.54) is 12.3 Å². The number of nitrogens with zero attached hydrogens (tertiary/aromatic N) is 2. The molecule has 146 valence electrons. The van der Waals surface area contributed by atoms with Crippen LogP contribution in [-0.2, 0) is 16.0 Å². The largest absolute Gasteiger partial charge is 0.441 e. The first kappa shape index (κ1) is 19.5. The van der Waals surface area contributed by atoms with Gasteiger partial charge in [0.1, 0.15) is 5.82 Å². The van der Waals surface area contributed by atoms with Crippen LogP contribution in [0.5, 0.6) is 0 Å². The standard InChI is InChI=1S/C20H26FN3O3/c21-17-5-2-1-4-16(17)18-14-23-19(27-18)6-7-20(25)24-11-8-15(9-12-24)26-13-3-10-22/h1-2,4-5,14-15H,3,6-13,22H2. The van der Waals surface area contributed by atoms with Gasteiger partial charge in [0.2, 0.25) is 5.91 Å². The molecule has 0 spiro atoms. The van der Waals surface area contributed by atoms with E-state index in [9.17, 15) is 9.18 Å². The smallest absolute Gasteiger partial charge is 0.223 e. The number of halogens is 1. The van der Waals surface area contributed by atoms with E-state index < -0.39 is 0 Å². The quantitative estimate of drug-likeness (QED) is 0.718. The Morgan fingerprint density at radius 1 is 1.33 bits per heavy atom. The highest BCUT2D eigenvalue weighted by atomic mass is 19.1. The fraction of sp³-hybridized carbons (Fsp3) is 0.500. The average Bonchev–Trinajstić information content (AvgIpc) is 3.16. The second-order valence-corrected chi connectivity index (χ2v) is 6.69. The number of likely N-dealkylation sites (tertiary alicyclic amines) is 1. The van der Waals surface area contributed by atoms with Gasteiger partial charge >= 0.3 is 0 Å². The normalized spacial score (nSPS) is 15.3. The van der Waals surface area contributed by atoms with Crippen LogP contribution in [0.15, 0.2) is 34.9 Å². The van der Waals surface area contributed by atoms with Crippen molar-refractivity contribution in [3.63, 3.8) is 0 Å². The van der Waals surface area contributed by atoms with Gasteiger partial charge in [-0.25, -0.2) is 9.37 Å². The molecule has 27 heavy (non-hydrogen) atoms. The zero-order chi connectivity index (χ0) is 19.1. The van der Waals surface area contributed by atoms with Crippen LogP contribution in [0, 0.1) is 5.82 Å². The maximum atomic E-state index is 13.8. The number of piperidine rings is 1. The van der Waals surface area contributed by atoms with E-state index in [-0.39, 0.29) is 17.8 Å². The van der Waals surface area contributed by atoms with E-state index in [1.54, 1.807) is 18.2 Å². The molecule has 1 aromatic heterocycles. The summed E-state index contributed by atoms with van der Waals surface area (Å²) in [5.74, 6) is 0.557. The molecular weight excluding hydrogens is 349 g/mol. The Morgan fingerprint density at radius 2 is 2.11 bits per heavy atom. The van der Waals surface area contributed by atoms with Crippen molar-refractivity contribution in [2.75, 3.05) is 26.2 Å². The predicted molar refractivity (Wildman–Crippen MR) is 99.4 cm³/mol. The lowest BCUT2D eigenvalue weighted by Gasteiger charge is -2.32. The topological polar surface area (TPSA) is 81.6 Å². The van der Waals surface area contributed by atoms with Crippen LogP contribution in [0.2, 0.25) is 0 Å². The highest BCUT2D eigenvalue weighted by Gasteiger charge is 2.23. The molecule has 1 saturated heterocycles. The molecule has 1 fully saturated rings. The molecule has 0 bridgehead atoms. The Balaban J connectivity index is 1.44.